The van der Waals surface area contributed by atoms with Crippen LogP contribution in [-0.2, 0) is 11.0 Å². The normalized spacial score (nSPS) is 25.6. The summed E-state index contributed by atoms with van der Waals surface area (Å²) in [6.07, 6.45) is 2.88. The van der Waals surface area contributed by atoms with E-state index in [2.05, 4.69) is 82.1 Å². The molecule has 25 heavy (non-hydrogen) atoms. The number of hydrogen-bond acceptors (Lipinski definition) is 3. The number of nitriles is 1. The van der Waals surface area contributed by atoms with Gasteiger partial charge in [-0.25, -0.2) is 0 Å². The summed E-state index contributed by atoms with van der Waals surface area (Å²) in [5.41, 5.74) is 1.32. The molecule has 0 aliphatic carbocycles. The largest absolute Gasteiger partial charge is 0.414 e. The van der Waals surface area contributed by atoms with E-state index < -0.39 is 8.32 Å². The van der Waals surface area contributed by atoms with Crippen LogP contribution >= 0.6 is 0 Å². The van der Waals surface area contributed by atoms with Crippen molar-refractivity contribution in [3.05, 3.63) is 35.9 Å². The number of rotatable bonds is 5. The Balaban J connectivity index is 2.10. The summed E-state index contributed by atoms with van der Waals surface area (Å²) >= 11 is 0. The van der Waals surface area contributed by atoms with E-state index in [1.54, 1.807) is 0 Å². The molecule has 0 aromatic heterocycles. The van der Waals surface area contributed by atoms with Crippen molar-refractivity contribution in [3.8, 4) is 6.07 Å². The third kappa shape index (κ3) is 5.16. The predicted octanol–water partition coefficient (Wildman–Crippen LogP) is 5.34. The van der Waals surface area contributed by atoms with Crippen molar-refractivity contribution < 1.29 is 4.43 Å². The standard InChI is InChI=1S/C21H34N2OSi/c1-17-14-20(24-25(5,6)21(2,3)4)15-19(12-13-22)23(17)16-18-10-8-7-9-11-18/h7-11,17,19-20H,12,14-16H2,1-6H3/t17-,19-,20+/m1/s1. The summed E-state index contributed by atoms with van der Waals surface area (Å²) < 4.78 is 6.69. The molecule has 1 saturated heterocycles. The first kappa shape index (κ1) is 20.2. The molecular formula is C21H34N2OSi. The summed E-state index contributed by atoms with van der Waals surface area (Å²) in [6.45, 7) is 14.7. The molecule has 4 heteroatoms. The lowest BCUT2D eigenvalue weighted by molar-refractivity contribution is 0.00918. The van der Waals surface area contributed by atoms with Crippen molar-refractivity contribution in [2.45, 2.75) is 89.8 Å². The molecule has 1 aliphatic rings. The van der Waals surface area contributed by atoms with Crippen LogP contribution < -0.4 is 0 Å². The van der Waals surface area contributed by atoms with Gasteiger partial charge in [-0.3, -0.25) is 4.90 Å². The molecule has 1 aliphatic heterocycles. The molecule has 0 radical (unpaired) electrons. The van der Waals surface area contributed by atoms with E-state index in [-0.39, 0.29) is 17.2 Å². The van der Waals surface area contributed by atoms with Crippen molar-refractivity contribution in [1.82, 2.24) is 4.90 Å². The van der Waals surface area contributed by atoms with Gasteiger partial charge in [-0.1, -0.05) is 51.1 Å². The van der Waals surface area contributed by atoms with Crippen LogP contribution in [0.5, 0.6) is 0 Å². The van der Waals surface area contributed by atoms with Gasteiger partial charge in [-0.15, -0.1) is 0 Å². The minimum Gasteiger partial charge on any atom is -0.414 e. The van der Waals surface area contributed by atoms with Crippen LogP contribution in [0, 0.1) is 11.3 Å². The summed E-state index contributed by atoms with van der Waals surface area (Å²) in [4.78, 5) is 2.50. The maximum atomic E-state index is 9.33. The zero-order valence-electron chi connectivity index (χ0n) is 16.7. The lowest BCUT2D eigenvalue weighted by Crippen LogP contribution is -2.53. The summed E-state index contributed by atoms with van der Waals surface area (Å²) in [7, 11) is -1.77. The molecule has 0 spiro atoms. The Morgan fingerprint density at radius 2 is 1.84 bits per heavy atom. The van der Waals surface area contributed by atoms with Gasteiger partial charge in [0.25, 0.3) is 0 Å². The first-order valence-electron chi connectivity index (χ1n) is 9.48. The predicted molar refractivity (Wildman–Crippen MR) is 107 cm³/mol. The van der Waals surface area contributed by atoms with Crippen LogP contribution in [0.25, 0.3) is 0 Å². The summed E-state index contributed by atoms with van der Waals surface area (Å²) in [6, 6.07) is 13.7. The second-order valence-electron chi connectivity index (χ2n) is 8.99. The molecule has 138 valence electrons. The minimum atomic E-state index is -1.77. The lowest BCUT2D eigenvalue weighted by atomic mass is 9.91. The maximum absolute atomic E-state index is 9.33. The van der Waals surface area contributed by atoms with Crippen LogP contribution in [0.4, 0.5) is 0 Å². The topological polar surface area (TPSA) is 36.3 Å². The highest BCUT2D eigenvalue weighted by molar-refractivity contribution is 6.74. The van der Waals surface area contributed by atoms with Crippen LogP contribution in [0.1, 0.15) is 52.5 Å². The Hall–Kier alpha value is -1.15. The highest BCUT2D eigenvalue weighted by Gasteiger charge is 2.42. The van der Waals surface area contributed by atoms with Crippen molar-refractivity contribution in [1.29, 1.82) is 5.26 Å². The molecule has 3 atom stereocenters. The van der Waals surface area contributed by atoms with E-state index in [1.807, 2.05) is 0 Å². The van der Waals surface area contributed by atoms with Gasteiger partial charge in [-0.05, 0) is 43.5 Å². The quantitative estimate of drug-likeness (QED) is 0.666. The molecule has 0 saturated carbocycles. The van der Waals surface area contributed by atoms with Gasteiger partial charge in [0, 0.05) is 24.7 Å². The van der Waals surface area contributed by atoms with Gasteiger partial charge < -0.3 is 4.43 Å². The summed E-state index contributed by atoms with van der Waals surface area (Å²) in [5, 5.41) is 9.55. The Bertz CT molecular complexity index is 588. The molecule has 1 aromatic carbocycles. The lowest BCUT2D eigenvalue weighted by Gasteiger charge is -2.47. The van der Waals surface area contributed by atoms with Gasteiger partial charge in [0.1, 0.15) is 0 Å². The Kier molecular flexibility index (Phi) is 6.48. The smallest absolute Gasteiger partial charge is 0.192 e. The number of piperidine rings is 1. The van der Waals surface area contributed by atoms with Crippen LogP contribution in [0.15, 0.2) is 30.3 Å². The molecule has 2 rings (SSSR count). The Morgan fingerprint density at radius 3 is 2.40 bits per heavy atom. The average Bonchev–Trinajstić information content (AvgIpc) is 2.50. The first-order valence-corrected chi connectivity index (χ1v) is 12.4. The SMILES string of the molecule is C[C@@H]1C[C@H](O[Si](C)(C)C(C)(C)C)C[C@@H](CC#N)N1Cc1ccccc1. The molecule has 0 amide bonds. The van der Waals surface area contributed by atoms with Gasteiger partial charge in [0.15, 0.2) is 8.32 Å². The van der Waals surface area contributed by atoms with E-state index in [0.717, 1.165) is 19.4 Å². The second kappa shape index (κ2) is 8.03. The van der Waals surface area contributed by atoms with E-state index in [1.165, 1.54) is 5.56 Å². The van der Waals surface area contributed by atoms with Gasteiger partial charge in [0.05, 0.1) is 12.5 Å². The van der Waals surface area contributed by atoms with E-state index in [0.29, 0.717) is 12.5 Å². The molecule has 1 aromatic rings. The van der Waals surface area contributed by atoms with Gasteiger partial charge in [-0.2, -0.15) is 5.26 Å². The average molecular weight is 359 g/mol. The number of benzene rings is 1. The highest BCUT2D eigenvalue weighted by Crippen LogP contribution is 2.40. The monoisotopic (exact) mass is 358 g/mol. The first-order chi connectivity index (χ1) is 11.6. The Labute approximate surface area is 155 Å². The molecular weight excluding hydrogens is 324 g/mol. The van der Waals surface area contributed by atoms with E-state index in [9.17, 15) is 5.26 Å². The molecule has 0 bridgehead atoms. The van der Waals surface area contributed by atoms with Crippen molar-refractivity contribution in [2.24, 2.45) is 0 Å². The van der Waals surface area contributed by atoms with Crippen LogP contribution in [0.2, 0.25) is 18.1 Å². The summed E-state index contributed by atoms with van der Waals surface area (Å²) in [5.74, 6) is 0. The maximum Gasteiger partial charge on any atom is 0.192 e. The minimum absolute atomic E-state index is 0.224. The van der Waals surface area contributed by atoms with E-state index in [4.69, 9.17) is 4.43 Å². The fraction of sp³-hybridized carbons (Fsp3) is 0.667. The third-order valence-electron chi connectivity index (χ3n) is 5.98. The van der Waals surface area contributed by atoms with Crippen molar-refractivity contribution >= 4 is 8.32 Å². The Morgan fingerprint density at radius 1 is 1.20 bits per heavy atom. The van der Waals surface area contributed by atoms with Crippen molar-refractivity contribution in [2.75, 3.05) is 0 Å². The zero-order valence-corrected chi connectivity index (χ0v) is 17.7. The fourth-order valence-electron chi connectivity index (χ4n) is 3.49. The number of hydrogen-bond donors (Lipinski definition) is 0. The molecule has 1 heterocycles. The van der Waals surface area contributed by atoms with Crippen LogP contribution in [-0.4, -0.2) is 31.4 Å². The van der Waals surface area contributed by atoms with Gasteiger partial charge in [0.2, 0.25) is 0 Å². The van der Waals surface area contributed by atoms with E-state index >= 15 is 0 Å². The van der Waals surface area contributed by atoms with Gasteiger partial charge >= 0.3 is 0 Å². The molecule has 1 fully saturated rings. The zero-order chi connectivity index (χ0) is 18.7. The highest BCUT2D eigenvalue weighted by atomic mass is 28.4. The van der Waals surface area contributed by atoms with Crippen molar-refractivity contribution in [3.63, 3.8) is 0 Å². The fourth-order valence-corrected chi connectivity index (χ4v) is 4.86. The molecule has 0 unspecified atom stereocenters. The second-order valence-corrected chi connectivity index (χ2v) is 13.8. The molecule has 3 nitrogen and oxygen atoms in total. The molecule has 0 N–H and O–H groups in total. The van der Waals surface area contributed by atoms with Crippen LogP contribution in [0.3, 0.4) is 0 Å². The third-order valence-corrected chi connectivity index (χ3v) is 10.5. The number of likely N-dealkylation sites (tertiary alicyclic amines) is 1. The number of nitrogens with zero attached hydrogens (tertiary/aromatic N) is 2.